The van der Waals surface area contributed by atoms with Crippen LogP contribution in [-0.2, 0) is 18.3 Å². The van der Waals surface area contributed by atoms with E-state index >= 15 is 0 Å². The number of rotatable bonds is 1. The van der Waals surface area contributed by atoms with Crippen molar-refractivity contribution in [2.45, 2.75) is 38.6 Å². The third-order valence-electron chi connectivity index (χ3n) is 2.64. The highest BCUT2D eigenvalue weighted by Gasteiger charge is 2.27. The van der Waals surface area contributed by atoms with Crippen LogP contribution in [0.4, 0.5) is 0 Å². The molecular weight excluding hydrogens is 230 g/mol. The van der Waals surface area contributed by atoms with E-state index < -0.39 is 0 Å². The topological polar surface area (TPSA) is 30.7 Å². The quantitative estimate of drug-likeness (QED) is 0.708. The summed E-state index contributed by atoms with van der Waals surface area (Å²) in [5.74, 6) is 2.21. The van der Waals surface area contributed by atoms with Crippen LogP contribution in [0.15, 0.2) is 0 Å². The molecule has 0 amide bonds. The molecular formula is C9H14BrN3. The molecule has 1 aromatic rings. The number of aryl methyl sites for hydroxylation is 1. The molecule has 0 bridgehead atoms. The van der Waals surface area contributed by atoms with Crippen molar-refractivity contribution in [3.05, 3.63) is 11.6 Å². The SMILES string of the molecule is CC1(C)CCc2nnc(CBr)n2C1. The Morgan fingerprint density at radius 3 is 2.92 bits per heavy atom. The molecule has 0 saturated carbocycles. The summed E-state index contributed by atoms with van der Waals surface area (Å²) in [5.41, 5.74) is 0.395. The van der Waals surface area contributed by atoms with Gasteiger partial charge in [0, 0.05) is 13.0 Å². The average Bonchev–Trinajstić information content (AvgIpc) is 2.44. The summed E-state index contributed by atoms with van der Waals surface area (Å²) in [5, 5.41) is 9.13. The zero-order valence-corrected chi connectivity index (χ0v) is 9.63. The summed E-state index contributed by atoms with van der Waals surface area (Å²) in [7, 11) is 0. The summed E-state index contributed by atoms with van der Waals surface area (Å²) in [6, 6.07) is 0. The molecule has 13 heavy (non-hydrogen) atoms. The van der Waals surface area contributed by atoms with Crippen molar-refractivity contribution < 1.29 is 0 Å². The van der Waals surface area contributed by atoms with E-state index in [0.717, 1.165) is 29.9 Å². The van der Waals surface area contributed by atoms with Crippen LogP contribution in [0.3, 0.4) is 0 Å². The monoisotopic (exact) mass is 243 g/mol. The highest BCUT2D eigenvalue weighted by molar-refractivity contribution is 9.08. The molecule has 0 aromatic carbocycles. The number of halogens is 1. The molecule has 0 saturated heterocycles. The van der Waals surface area contributed by atoms with Crippen LogP contribution < -0.4 is 0 Å². The van der Waals surface area contributed by atoms with Gasteiger partial charge < -0.3 is 4.57 Å². The van der Waals surface area contributed by atoms with Crippen molar-refractivity contribution in [3.63, 3.8) is 0 Å². The molecule has 3 nitrogen and oxygen atoms in total. The van der Waals surface area contributed by atoms with E-state index in [9.17, 15) is 0 Å². The highest BCUT2D eigenvalue weighted by Crippen LogP contribution is 2.30. The van der Waals surface area contributed by atoms with Gasteiger partial charge in [0.25, 0.3) is 0 Å². The summed E-state index contributed by atoms with van der Waals surface area (Å²) in [6.45, 7) is 5.65. The second-order valence-electron chi connectivity index (χ2n) is 4.42. The van der Waals surface area contributed by atoms with Crippen LogP contribution in [0, 0.1) is 5.41 Å². The summed E-state index contributed by atoms with van der Waals surface area (Å²) >= 11 is 3.43. The van der Waals surface area contributed by atoms with Crippen molar-refractivity contribution in [2.24, 2.45) is 5.41 Å². The molecule has 1 aliphatic rings. The highest BCUT2D eigenvalue weighted by atomic mass is 79.9. The summed E-state index contributed by atoms with van der Waals surface area (Å²) < 4.78 is 2.25. The van der Waals surface area contributed by atoms with Crippen LogP contribution in [0.5, 0.6) is 0 Å². The largest absolute Gasteiger partial charge is 0.314 e. The Balaban J connectivity index is 2.36. The van der Waals surface area contributed by atoms with Crippen molar-refractivity contribution in [3.8, 4) is 0 Å². The summed E-state index contributed by atoms with van der Waals surface area (Å²) in [4.78, 5) is 0. The van der Waals surface area contributed by atoms with Crippen molar-refractivity contribution in [1.29, 1.82) is 0 Å². The van der Waals surface area contributed by atoms with Gasteiger partial charge in [-0.2, -0.15) is 0 Å². The smallest absolute Gasteiger partial charge is 0.143 e. The van der Waals surface area contributed by atoms with E-state index in [0.29, 0.717) is 5.41 Å². The lowest BCUT2D eigenvalue weighted by Gasteiger charge is -2.30. The lowest BCUT2D eigenvalue weighted by atomic mass is 9.85. The number of hydrogen-bond donors (Lipinski definition) is 0. The van der Waals surface area contributed by atoms with Crippen LogP contribution in [0.1, 0.15) is 31.9 Å². The number of nitrogens with zero attached hydrogens (tertiary/aromatic N) is 3. The Morgan fingerprint density at radius 2 is 2.23 bits per heavy atom. The molecule has 1 aliphatic heterocycles. The van der Waals surface area contributed by atoms with Gasteiger partial charge >= 0.3 is 0 Å². The van der Waals surface area contributed by atoms with Gasteiger partial charge in [-0.3, -0.25) is 0 Å². The predicted octanol–water partition coefficient (Wildman–Crippen LogP) is 2.15. The van der Waals surface area contributed by atoms with Crippen LogP contribution in [0.25, 0.3) is 0 Å². The zero-order valence-electron chi connectivity index (χ0n) is 8.05. The van der Waals surface area contributed by atoms with Gasteiger partial charge in [0.15, 0.2) is 0 Å². The van der Waals surface area contributed by atoms with E-state index in [1.54, 1.807) is 0 Å². The molecule has 0 unspecified atom stereocenters. The molecule has 1 aromatic heterocycles. The maximum absolute atomic E-state index is 4.18. The van der Waals surface area contributed by atoms with Gasteiger partial charge in [0.05, 0.1) is 5.33 Å². The number of fused-ring (bicyclic) bond motifs is 1. The van der Waals surface area contributed by atoms with Crippen LogP contribution in [0.2, 0.25) is 0 Å². The zero-order chi connectivity index (χ0) is 9.47. The fourth-order valence-electron chi connectivity index (χ4n) is 1.80. The minimum absolute atomic E-state index is 0.395. The second-order valence-corrected chi connectivity index (χ2v) is 4.98. The fourth-order valence-corrected chi connectivity index (χ4v) is 2.21. The first-order chi connectivity index (χ1) is 6.12. The molecule has 72 valence electrons. The first-order valence-corrected chi connectivity index (χ1v) is 5.71. The Labute approximate surface area is 86.7 Å². The minimum Gasteiger partial charge on any atom is -0.314 e. The van der Waals surface area contributed by atoms with E-state index in [2.05, 4.69) is 44.5 Å². The minimum atomic E-state index is 0.395. The molecule has 2 heterocycles. The molecule has 0 atom stereocenters. The van der Waals surface area contributed by atoms with Crippen molar-refractivity contribution in [1.82, 2.24) is 14.8 Å². The maximum atomic E-state index is 4.18. The van der Waals surface area contributed by atoms with Gasteiger partial charge in [-0.1, -0.05) is 29.8 Å². The normalized spacial score (nSPS) is 19.9. The third-order valence-corrected chi connectivity index (χ3v) is 3.14. The van der Waals surface area contributed by atoms with Gasteiger partial charge in [0.2, 0.25) is 0 Å². The molecule has 0 radical (unpaired) electrons. The molecule has 2 rings (SSSR count). The van der Waals surface area contributed by atoms with Crippen LogP contribution >= 0.6 is 15.9 Å². The maximum Gasteiger partial charge on any atom is 0.143 e. The van der Waals surface area contributed by atoms with Gasteiger partial charge in [-0.05, 0) is 11.8 Å². The van der Waals surface area contributed by atoms with Gasteiger partial charge in [-0.15, -0.1) is 10.2 Å². The standard InChI is InChI=1S/C9H14BrN3/c1-9(2)4-3-7-11-12-8(5-10)13(7)6-9/h3-6H2,1-2H3. The number of hydrogen-bond acceptors (Lipinski definition) is 2. The average molecular weight is 244 g/mol. The van der Waals surface area contributed by atoms with Crippen molar-refractivity contribution >= 4 is 15.9 Å². The molecule has 0 spiro atoms. The van der Waals surface area contributed by atoms with Gasteiger partial charge in [0.1, 0.15) is 11.6 Å². The van der Waals surface area contributed by atoms with E-state index in [4.69, 9.17) is 0 Å². The Kier molecular flexibility index (Phi) is 2.18. The Hall–Kier alpha value is -0.380. The molecule has 0 aliphatic carbocycles. The summed E-state index contributed by atoms with van der Waals surface area (Å²) in [6.07, 6.45) is 2.28. The van der Waals surface area contributed by atoms with Gasteiger partial charge in [-0.25, -0.2) is 0 Å². The third kappa shape index (κ3) is 1.64. The van der Waals surface area contributed by atoms with Crippen LogP contribution in [-0.4, -0.2) is 14.8 Å². The predicted molar refractivity (Wildman–Crippen MR) is 54.8 cm³/mol. The second kappa shape index (κ2) is 3.08. The Bertz CT molecular complexity index is 303. The van der Waals surface area contributed by atoms with E-state index in [1.807, 2.05) is 0 Å². The lowest BCUT2D eigenvalue weighted by molar-refractivity contribution is 0.244. The molecule has 4 heteroatoms. The molecule has 0 N–H and O–H groups in total. The van der Waals surface area contributed by atoms with E-state index in [1.165, 1.54) is 6.42 Å². The fraction of sp³-hybridized carbons (Fsp3) is 0.778. The number of aromatic nitrogens is 3. The first-order valence-electron chi connectivity index (χ1n) is 4.59. The van der Waals surface area contributed by atoms with E-state index in [-0.39, 0.29) is 0 Å². The first kappa shape index (κ1) is 9.19. The number of alkyl halides is 1. The molecule has 0 fully saturated rings. The lowest BCUT2D eigenvalue weighted by Crippen LogP contribution is -2.28. The Morgan fingerprint density at radius 1 is 1.46 bits per heavy atom. The van der Waals surface area contributed by atoms with Crippen molar-refractivity contribution in [2.75, 3.05) is 0 Å².